The van der Waals surface area contributed by atoms with Gasteiger partial charge in [-0.2, -0.15) is 0 Å². The van der Waals surface area contributed by atoms with E-state index in [4.69, 9.17) is 16.3 Å². The molecule has 0 saturated carbocycles. The third-order valence-electron chi connectivity index (χ3n) is 3.94. The molecule has 0 unspecified atom stereocenters. The van der Waals surface area contributed by atoms with Crippen molar-refractivity contribution in [2.75, 3.05) is 10.6 Å². The minimum atomic E-state index is -0.682. The van der Waals surface area contributed by atoms with E-state index in [-0.39, 0.29) is 11.8 Å². The number of carbonyl (C=O) groups excluding carboxylic acids is 2. The van der Waals surface area contributed by atoms with Crippen LogP contribution in [0.25, 0.3) is 0 Å². The van der Waals surface area contributed by atoms with Crippen molar-refractivity contribution >= 4 is 34.8 Å². The molecule has 0 aliphatic rings. The lowest BCUT2D eigenvalue weighted by Crippen LogP contribution is -2.30. The smallest absolute Gasteiger partial charge is 0.265 e. The average Bonchev–Trinajstić information content (AvgIpc) is 2.71. The van der Waals surface area contributed by atoms with Crippen LogP contribution in [0.2, 0.25) is 5.02 Å². The molecule has 0 aliphatic carbocycles. The van der Waals surface area contributed by atoms with E-state index in [1.807, 2.05) is 6.07 Å². The summed E-state index contributed by atoms with van der Waals surface area (Å²) < 4.78 is 5.60. The summed E-state index contributed by atoms with van der Waals surface area (Å²) in [4.78, 5) is 24.5. The molecule has 0 aromatic heterocycles. The normalized spacial score (nSPS) is 11.4. The van der Waals surface area contributed by atoms with Gasteiger partial charge in [0.1, 0.15) is 5.75 Å². The van der Waals surface area contributed by atoms with E-state index >= 15 is 0 Å². The monoisotopic (exact) mass is 394 g/mol. The molecule has 3 aromatic rings. The molecule has 0 spiro atoms. The van der Waals surface area contributed by atoms with Gasteiger partial charge in [-0.15, -0.1) is 0 Å². The minimum absolute atomic E-state index is 0.192. The number of nitrogens with one attached hydrogen (secondary N) is 2. The highest BCUT2D eigenvalue weighted by Gasteiger charge is 2.15. The van der Waals surface area contributed by atoms with Crippen LogP contribution in [0.1, 0.15) is 17.3 Å². The molecule has 0 bridgehead atoms. The van der Waals surface area contributed by atoms with Crippen LogP contribution in [-0.4, -0.2) is 17.9 Å². The molecule has 2 N–H and O–H groups in total. The zero-order chi connectivity index (χ0) is 19.9. The van der Waals surface area contributed by atoms with Gasteiger partial charge in [0.2, 0.25) is 0 Å². The van der Waals surface area contributed by atoms with Gasteiger partial charge >= 0.3 is 0 Å². The molecule has 0 aliphatic heterocycles. The molecule has 28 heavy (non-hydrogen) atoms. The largest absolute Gasteiger partial charge is 0.481 e. The number of hydrogen-bond acceptors (Lipinski definition) is 3. The highest BCUT2D eigenvalue weighted by atomic mass is 35.5. The fourth-order valence-electron chi connectivity index (χ4n) is 2.44. The summed E-state index contributed by atoms with van der Waals surface area (Å²) in [7, 11) is 0. The number of amides is 2. The summed E-state index contributed by atoms with van der Waals surface area (Å²) in [5.41, 5.74) is 1.82. The van der Waals surface area contributed by atoms with Gasteiger partial charge in [-0.1, -0.05) is 29.8 Å². The Bertz CT molecular complexity index is 942. The van der Waals surface area contributed by atoms with E-state index in [0.29, 0.717) is 27.7 Å². The van der Waals surface area contributed by atoms with Gasteiger partial charge in [0.25, 0.3) is 11.8 Å². The van der Waals surface area contributed by atoms with Crippen LogP contribution in [-0.2, 0) is 4.79 Å². The Kier molecular flexibility index (Phi) is 6.29. The summed E-state index contributed by atoms with van der Waals surface area (Å²) in [6.45, 7) is 1.67. The second-order valence-corrected chi connectivity index (χ2v) is 6.54. The van der Waals surface area contributed by atoms with Gasteiger partial charge < -0.3 is 15.4 Å². The maximum atomic E-state index is 12.3. The van der Waals surface area contributed by atoms with Gasteiger partial charge in [-0.05, 0) is 67.6 Å². The molecule has 0 heterocycles. The summed E-state index contributed by atoms with van der Waals surface area (Å²) >= 11 is 5.84. The van der Waals surface area contributed by atoms with Gasteiger partial charge in [-0.25, -0.2) is 0 Å². The highest BCUT2D eigenvalue weighted by Crippen LogP contribution is 2.18. The summed E-state index contributed by atoms with van der Waals surface area (Å²) in [5, 5.41) is 6.20. The van der Waals surface area contributed by atoms with Crippen LogP contribution in [0.4, 0.5) is 11.4 Å². The topological polar surface area (TPSA) is 67.4 Å². The van der Waals surface area contributed by atoms with E-state index in [0.717, 1.165) is 0 Å². The van der Waals surface area contributed by atoms with E-state index in [1.54, 1.807) is 79.7 Å². The van der Waals surface area contributed by atoms with E-state index in [2.05, 4.69) is 10.6 Å². The van der Waals surface area contributed by atoms with Crippen molar-refractivity contribution in [3.8, 4) is 5.75 Å². The van der Waals surface area contributed by atoms with E-state index < -0.39 is 6.10 Å². The van der Waals surface area contributed by atoms with Gasteiger partial charge in [0, 0.05) is 22.0 Å². The summed E-state index contributed by atoms with van der Waals surface area (Å²) in [6, 6.07) is 22.6. The Hall–Kier alpha value is -3.31. The lowest BCUT2D eigenvalue weighted by molar-refractivity contribution is -0.122. The number of benzene rings is 3. The number of carbonyl (C=O) groups is 2. The van der Waals surface area contributed by atoms with Crippen molar-refractivity contribution in [2.45, 2.75) is 13.0 Å². The first-order valence-electron chi connectivity index (χ1n) is 8.71. The Labute approximate surface area is 168 Å². The Morgan fingerprint density at radius 1 is 0.821 bits per heavy atom. The predicted octanol–water partition coefficient (Wildman–Crippen LogP) is 5.00. The molecule has 0 radical (unpaired) electrons. The molecule has 3 rings (SSSR count). The molecular formula is C22H19ClN2O3. The quantitative estimate of drug-likeness (QED) is 0.618. The Morgan fingerprint density at radius 2 is 1.39 bits per heavy atom. The van der Waals surface area contributed by atoms with Gasteiger partial charge in [0.15, 0.2) is 6.10 Å². The van der Waals surface area contributed by atoms with Gasteiger partial charge in [-0.3, -0.25) is 9.59 Å². The van der Waals surface area contributed by atoms with Gasteiger partial charge in [0.05, 0.1) is 0 Å². The average molecular weight is 395 g/mol. The second kappa shape index (κ2) is 9.06. The molecule has 142 valence electrons. The van der Waals surface area contributed by atoms with E-state index in [1.165, 1.54) is 0 Å². The lowest BCUT2D eigenvalue weighted by Gasteiger charge is -2.15. The third kappa shape index (κ3) is 5.34. The fraction of sp³-hybridized carbons (Fsp3) is 0.0909. The van der Waals surface area contributed by atoms with E-state index in [9.17, 15) is 9.59 Å². The van der Waals surface area contributed by atoms with Crippen molar-refractivity contribution in [2.24, 2.45) is 0 Å². The van der Waals surface area contributed by atoms with Crippen LogP contribution >= 0.6 is 11.6 Å². The SMILES string of the molecule is C[C@H](Oc1ccc(Cl)cc1)C(=O)Nc1ccc(NC(=O)c2ccccc2)cc1. The molecular weight excluding hydrogens is 376 g/mol. The molecule has 6 heteroatoms. The predicted molar refractivity (Wildman–Crippen MR) is 111 cm³/mol. The number of anilines is 2. The minimum Gasteiger partial charge on any atom is -0.481 e. The summed E-state index contributed by atoms with van der Waals surface area (Å²) in [6.07, 6.45) is -0.682. The maximum absolute atomic E-state index is 12.3. The molecule has 1 atom stereocenters. The lowest BCUT2D eigenvalue weighted by atomic mass is 10.2. The van der Waals surface area contributed by atoms with Crippen LogP contribution in [0.15, 0.2) is 78.9 Å². The fourth-order valence-corrected chi connectivity index (χ4v) is 2.57. The van der Waals surface area contributed by atoms with Crippen LogP contribution < -0.4 is 15.4 Å². The van der Waals surface area contributed by atoms with Crippen molar-refractivity contribution < 1.29 is 14.3 Å². The highest BCUT2D eigenvalue weighted by molar-refractivity contribution is 6.30. The van der Waals surface area contributed by atoms with Crippen molar-refractivity contribution in [3.63, 3.8) is 0 Å². The molecule has 3 aromatic carbocycles. The van der Waals surface area contributed by atoms with Crippen LogP contribution in [0, 0.1) is 0 Å². The Balaban J connectivity index is 1.55. The molecule has 0 saturated heterocycles. The summed E-state index contributed by atoms with van der Waals surface area (Å²) in [5.74, 6) is 0.0874. The number of rotatable bonds is 6. The zero-order valence-electron chi connectivity index (χ0n) is 15.2. The number of ether oxygens (including phenoxy) is 1. The Morgan fingerprint density at radius 3 is 2.00 bits per heavy atom. The number of hydrogen-bond donors (Lipinski definition) is 2. The first kappa shape index (κ1) is 19.5. The molecule has 2 amide bonds. The van der Waals surface area contributed by atoms with Crippen molar-refractivity contribution in [3.05, 3.63) is 89.4 Å². The first-order valence-corrected chi connectivity index (χ1v) is 9.08. The van der Waals surface area contributed by atoms with Crippen molar-refractivity contribution in [1.82, 2.24) is 0 Å². The molecule has 0 fully saturated rings. The standard InChI is InChI=1S/C22H19ClN2O3/c1-15(28-20-13-7-17(23)8-14-20)21(26)24-18-9-11-19(12-10-18)25-22(27)16-5-3-2-4-6-16/h2-15H,1H3,(H,24,26)(H,25,27)/t15-/m0/s1. The number of halogens is 1. The van der Waals surface area contributed by atoms with Crippen LogP contribution in [0.5, 0.6) is 5.75 Å². The molecule has 5 nitrogen and oxygen atoms in total. The third-order valence-corrected chi connectivity index (χ3v) is 4.19. The zero-order valence-corrected chi connectivity index (χ0v) is 15.9. The van der Waals surface area contributed by atoms with Crippen LogP contribution in [0.3, 0.4) is 0 Å². The second-order valence-electron chi connectivity index (χ2n) is 6.10. The maximum Gasteiger partial charge on any atom is 0.265 e. The first-order chi connectivity index (χ1) is 13.5. The van der Waals surface area contributed by atoms with Crippen molar-refractivity contribution in [1.29, 1.82) is 0 Å².